The number of hydrogen-bond acceptors (Lipinski definition) is 3. The van der Waals surface area contributed by atoms with Crippen molar-refractivity contribution in [2.75, 3.05) is 0 Å². The first-order valence-electron chi connectivity index (χ1n) is 12.8. The summed E-state index contributed by atoms with van der Waals surface area (Å²) in [7, 11) is 0. The van der Waals surface area contributed by atoms with E-state index in [0.29, 0.717) is 12.0 Å². The normalized spacial score (nSPS) is 35.4. The summed E-state index contributed by atoms with van der Waals surface area (Å²) in [6, 6.07) is 0. The van der Waals surface area contributed by atoms with Gasteiger partial charge in [0.15, 0.2) is 0 Å². The van der Waals surface area contributed by atoms with Crippen molar-refractivity contribution in [3.05, 3.63) is 35.5 Å². The summed E-state index contributed by atoms with van der Waals surface area (Å²) in [5.74, 6) is 0.355. The van der Waals surface area contributed by atoms with Gasteiger partial charge in [0.2, 0.25) is 0 Å². The number of aliphatic hydroxyl groups excluding tert-OH is 2. The van der Waals surface area contributed by atoms with Crippen LogP contribution < -0.4 is 0 Å². The van der Waals surface area contributed by atoms with Crippen LogP contribution in [0.1, 0.15) is 78.1 Å². The molecule has 206 valence electrons. The Hall–Kier alpha value is -1.32. The molecule has 3 rings (SSSR count). The van der Waals surface area contributed by atoms with Crippen molar-refractivity contribution in [2.45, 2.75) is 108 Å². The average molecular weight is 525 g/mol. The van der Waals surface area contributed by atoms with Gasteiger partial charge in [-0.05, 0) is 85.7 Å². The molecule has 3 aliphatic rings. The second-order valence-electron chi connectivity index (χ2n) is 11.4. The number of halogens is 6. The van der Waals surface area contributed by atoms with Crippen molar-refractivity contribution in [1.82, 2.24) is 0 Å². The molecular weight excluding hydrogens is 486 g/mol. The van der Waals surface area contributed by atoms with Gasteiger partial charge >= 0.3 is 12.4 Å². The molecule has 36 heavy (non-hydrogen) atoms. The first kappa shape index (κ1) is 29.2. The standard InChI is InChI=1S/C27H38F6O3/c1-16(6-4-13-25(36,26(28,29)30)27(31,32)33)21-10-11-22-18(7-5-12-24(21,22)3)8-9-19-14-20(34)15-23(35)17(19)2/h8-9,16,20-23,34-36H,2,4-7,10-15H2,1,3H3/b18-8+,19-9-/t16-,20-,21-,22?,23+,24-/m1/s1. The molecule has 3 aliphatic carbocycles. The Morgan fingerprint density at radius 2 is 1.72 bits per heavy atom. The minimum atomic E-state index is -5.77. The van der Waals surface area contributed by atoms with E-state index in [1.54, 1.807) is 0 Å². The Kier molecular flexibility index (Phi) is 8.48. The Morgan fingerprint density at radius 1 is 1.08 bits per heavy atom. The predicted molar refractivity (Wildman–Crippen MR) is 125 cm³/mol. The van der Waals surface area contributed by atoms with Crippen molar-refractivity contribution < 1.29 is 41.7 Å². The zero-order valence-corrected chi connectivity index (χ0v) is 20.9. The van der Waals surface area contributed by atoms with Crippen molar-refractivity contribution in [3.63, 3.8) is 0 Å². The Balaban J connectivity index is 1.69. The lowest BCUT2D eigenvalue weighted by atomic mass is 9.60. The summed E-state index contributed by atoms with van der Waals surface area (Å²) in [6.45, 7) is 8.03. The molecule has 0 heterocycles. The molecule has 0 radical (unpaired) electrons. The molecule has 3 fully saturated rings. The van der Waals surface area contributed by atoms with Crippen LogP contribution in [-0.2, 0) is 0 Å². The zero-order chi connectivity index (χ0) is 27.1. The van der Waals surface area contributed by atoms with Crippen LogP contribution in [0.15, 0.2) is 35.5 Å². The Morgan fingerprint density at radius 3 is 2.33 bits per heavy atom. The highest BCUT2D eigenvalue weighted by molar-refractivity contribution is 5.38. The van der Waals surface area contributed by atoms with Crippen molar-refractivity contribution in [3.8, 4) is 0 Å². The molecule has 0 aromatic rings. The Labute approximate surface area is 209 Å². The van der Waals surface area contributed by atoms with Gasteiger partial charge in [-0.1, -0.05) is 44.6 Å². The molecular formula is C27H38F6O3. The topological polar surface area (TPSA) is 60.7 Å². The van der Waals surface area contributed by atoms with Crippen LogP contribution in [0.25, 0.3) is 0 Å². The molecule has 3 N–H and O–H groups in total. The van der Waals surface area contributed by atoms with Gasteiger partial charge in [0.1, 0.15) is 0 Å². The van der Waals surface area contributed by atoms with Gasteiger partial charge in [-0.25, -0.2) is 0 Å². The fraction of sp³-hybridized carbons (Fsp3) is 0.778. The van der Waals surface area contributed by atoms with Crippen LogP contribution in [0.5, 0.6) is 0 Å². The monoisotopic (exact) mass is 524 g/mol. The molecule has 0 bridgehead atoms. The minimum Gasteiger partial charge on any atom is -0.393 e. The van der Waals surface area contributed by atoms with Gasteiger partial charge in [0, 0.05) is 6.42 Å². The summed E-state index contributed by atoms with van der Waals surface area (Å²) in [5.41, 5.74) is -2.08. The van der Waals surface area contributed by atoms with Gasteiger partial charge in [-0.3, -0.25) is 0 Å². The lowest BCUT2D eigenvalue weighted by Gasteiger charge is -2.44. The van der Waals surface area contributed by atoms with E-state index >= 15 is 0 Å². The second kappa shape index (κ2) is 10.4. The van der Waals surface area contributed by atoms with Crippen LogP contribution in [-0.4, -0.2) is 45.5 Å². The second-order valence-corrected chi connectivity index (χ2v) is 11.4. The highest BCUT2D eigenvalue weighted by Gasteiger charge is 2.69. The maximum absolute atomic E-state index is 13.0. The number of hydrogen-bond donors (Lipinski definition) is 3. The van der Waals surface area contributed by atoms with Gasteiger partial charge < -0.3 is 15.3 Å². The minimum absolute atomic E-state index is 0.0770. The predicted octanol–water partition coefficient (Wildman–Crippen LogP) is 6.79. The summed E-state index contributed by atoms with van der Waals surface area (Å²) in [5, 5.41) is 29.5. The zero-order valence-electron chi connectivity index (χ0n) is 20.9. The highest BCUT2D eigenvalue weighted by atomic mass is 19.4. The molecule has 9 heteroatoms. The summed E-state index contributed by atoms with van der Waals surface area (Å²) >= 11 is 0. The molecule has 1 unspecified atom stereocenters. The molecule has 0 aromatic carbocycles. The van der Waals surface area contributed by atoms with Gasteiger partial charge in [-0.2, -0.15) is 26.3 Å². The van der Waals surface area contributed by atoms with Crippen LogP contribution in [0.2, 0.25) is 0 Å². The first-order valence-corrected chi connectivity index (χ1v) is 12.8. The van der Waals surface area contributed by atoms with E-state index in [4.69, 9.17) is 0 Å². The first-order chi connectivity index (χ1) is 16.5. The number of fused-ring (bicyclic) bond motifs is 1. The molecule has 6 atom stereocenters. The van der Waals surface area contributed by atoms with E-state index < -0.39 is 36.6 Å². The van der Waals surface area contributed by atoms with E-state index in [9.17, 15) is 41.7 Å². The molecule has 0 aromatic heterocycles. The molecule has 3 nitrogen and oxygen atoms in total. The van der Waals surface area contributed by atoms with Gasteiger partial charge in [-0.15, -0.1) is 0 Å². The number of allylic oxidation sites excluding steroid dienone is 3. The molecule has 0 aliphatic heterocycles. The maximum atomic E-state index is 13.0. The van der Waals surface area contributed by atoms with Crippen molar-refractivity contribution in [1.29, 1.82) is 0 Å². The van der Waals surface area contributed by atoms with E-state index in [-0.39, 0.29) is 42.4 Å². The van der Waals surface area contributed by atoms with E-state index in [0.717, 1.165) is 37.7 Å². The van der Waals surface area contributed by atoms with Crippen LogP contribution in [0.4, 0.5) is 26.3 Å². The Bertz CT molecular complexity index is 860. The third-order valence-electron chi connectivity index (χ3n) is 9.12. The third kappa shape index (κ3) is 5.58. The lowest BCUT2D eigenvalue weighted by Crippen LogP contribution is -2.56. The fourth-order valence-corrected chi connectivity index (χ4v) is 7.00. The largest absolute Gasteiger partial charge is 0.426 e. The quantitative estimate of drug-likeness (QED) is 0.336. The SMILES string of the molecule is C=C1/C(=C\C=C2/CCC[C@@]3(C)C2CC[C@@H]3[C@H](C)CCCC(O)(C(F)(F)F)C(F)(F)F)C[C@@H](O)C[C@@H]1O. The van der Waals surface area contributed by atoms with E-state index in [2.05, 4.69) is 19.6 Å². The summed E-state index contributed by atoms with van der Waals surface area (Å²) in [4.78, 5) is 0. The van der Waals surface area contributed by atoms with Crippen molar-refractivity contribution >= 4 is 0 Å². The third-order valence-corrected chi connectivity index (χ3v) is 9.12. The van der Waals surface area contributed by atoms with Crippen molar-refractivity contribution in [2.24, 2.45) is 23.2 Å². The van der Waals surface area contributed by atoms with E-state index in [1.165, 1.54) is 5.57 Å². The fourth-order valence-electron chi connectivity index (χ4n) is 7.00. The maximum Gasteiger partial charge on any atom is 0.426 e. The molecule has 3 saturated carbocycles. The molecule has 0 amide bonds. The molecule has 0 saturated heterocycles. The number of alkyl halides is 6. The number of aliphatic hydroxyl groups is 3. The highest BCUT2D eigenvalue weighted by Crippen LogP contribution is 2.60. The van der Waals surface area contributed by atoms with Gasteiger partial charge in [0.25, 0.3) is 5.60 Å². The molecule has 0 spiro atoms. The van der Waals surface area contributed by atoms with Crippen LogP contribution >= 0.6 is 0 Å². The van der Waals surface area contributed by atoms with E-state index in [1.807, 2.05) is 13.0 Å². The van der Waals surface area contributed by atoms with Gasteiger partial charge in [0.05, 0.1) is 12.2 Å². The number of rotatable bonds is 6. The average Bonchev–Trinajstić information content (AvgIpc) is 3.11. The smallest absolute Gasteiger partial charge is 0.393 e. The van der Waals surface area contributed by atoms with Crippen LogP contribution in [0.3, 0.4) is 0 Å². The summed E-state index contributed by atoms with van der Waals surface area (Å²) in [6.07, 6.45) is -5.24. The van der Waals surface area contributed by atoms with Crippen LogP contribution in [0, 0.1) is 23.2 Å². The lowest BCUT2D eigenvalue weighted by molar-refractivity contribution is -0.370. The summed E-state index contributed by atoms with van der Waals surface area (Å²) < 4.78 is 78.1.